The summed E-state index contributed by atoms with van der Waals surface area (Å²) in [6.07, 6.45) is 0. The predicted molar refractivity (Wildman–Crippen MR) is 101 cm³/mol. The van der Waals surface area contributed by atoms with Gasteiger partial charge in [-0.25, -0.2) is 0 Å². The molecule has 3 rings (SSSR count). The maximum absolute atomic E-state index is 13.0. The highest BCUT2D eigenvalue weighted by molar-refractivity contribution is 6.22. The molecule has 128 valence electrons. The van der Waals surface area contributed by atoms with Gasteiger partial charge in [0.1, 0.15) is 0 Å². The van der Waals surface area contributed by atoms with E-state index in [-0.39, 0.29) is 34.0 Å². The number of hydrogen-bond donors (Lipinski definition) is 0. The molecule has 0 aromatic heterocycles. The molecule has 0 saturated carbocycles. The van der Waals surface area contributed by atoms with Gasteiger partial charge in [0.05, 0.1) is 0 Å². The standard InChI is InChI=1S/C23H18O3/c1-15-13-19(22(25)17-9-5-3-6-10-17)21(16(2)24)20(14-15)23(26)18-11-7-4-8-12-18/h3-14H,1-2H3. The van der Waals surface area contributed by atoms with E-state index in [0.717, 1.165) is 5.56 Å². The molecular formula is C23H18O3. The van der Waals surface area contributed by atoms with E-state index in [9.17, 15) is 14.4 Å². The van der Waals surface area contributed by atoms with Crippen molar-refractivity contribution in [2.24, 2.45) is 0 Å². The maximum Gasteiger partial charge on any atom is 0.193 e. The van der Waals surface area contributed by atoms with E-state index in [1.165, 1.54) is 6.92 Å². The minimum absolute atomic E-state index is 0.179. The van der Waals surface area contributed by atoms with Gasteiger partial charge in [-0.3, -0.25) is 14.4 Å². The Morgan fingerprint density at radius 3 is 1.38 bits per heavy atom. The number of aryl methyl sites for hydroxylation is 1. The fraction of sp³-hybridized carbons (Fsp3) is 0.0870. The first-order valence-electron chi connectivity index (χ1n) is 8.34. The summed E-state index contributed by atoms with van der Waals surface area (Å²) in [4.78, 5) is 38.3. The Labute approximate surface area is 152 Å². The average Bonchev–Trinajstić information content (AvgIpc) is 2.67. The van der Waals surface area contributed by atoms with Gasteiger partial charge in [-0.1, -0.05) is 60.7 Å². The summed E-state index contributed by atoms with van der Waals surface area (Å²) in [6.45, 7) is 3.20. The lowest BCUT2D eigenvalue weighted by Gasteiger charge is -2.13. The van der Waals surface area contributed by atoms with Crippen LogP contribution in [0.1, 0.15) is 54.7 Å². The first kappa shape index (κ1) is 17.5. The Kier molecular flexibility index (Phi) is 4.90. The largest absolute Gasteiger partial charge is 0.294 e. The first-order valence-corrected chi connectivity index (χ1v) is 8.34. The molecule has 26 heavy (non-hydrogen) atoms. The number of ketones is 3. The van der Waals surface area contributed by atoms with Crippen LogP contribution in [0.4, 0.5) is 0 Å². The van der Waals surface area contributed by atoms with Gasteiger partial charge in [0, 0.05) is 27.8 Å². The van der Waals surface area contributed by atoms with Gasteiger partial charge in [-0.05, 0) is 31.5 Å². The Hall–Kier alpha value is -3.33. The zero-order valence-corrected chi connectivity index (χ0v) is 14.7. The van der Waals surface area contributed by atoms with Crippen LogP contribution in [0, 0.1) is 6.92 Å². The molecule has 3 aromatic rings. The van der Waals surface area contributed by atoms with Crippen LogP contribution in [-0.2, 0) is 0 Å². The molecule has 0 fully saturated rings. The number of Topliss-reactive ketones (excluding diaryl/α,β-unsaturated/α-hetero) is 1. The normalized spacial score (nSPS) is 10.4. The van der Waals surface area contributed by atoms with Crippen LogP contribution in [0.15, 0.2) is 72.8 Å². The fourth-order valence-electron chi connectivity index (χ4n) is 3.01. The first-order chi connectivity index (χ1) is 12.5. The van der Waals surface area contributed by atoms with Crippen molar-refractivity contribution < 1.29 is 14.4 Å². The summed E-state index contributed by atoms with van der Waals surface area (Å²) in [7, 11) is 0. The molecule has 0 N–H and O–H groups in total. The van der Waals surface area contributed by atoms with Gasteiger partial charge in [0.2, 0.25) is 0 Å². The van der Waals surface area contributed by atoms with Crippen molar-refractivity contribution in [3.05, 3.63) is 106 Å². The minimum atomic E-state index is -0.302. The highest BCUT2D eigenvalue weighted by atomic mass is 16.1. The van der Waals surface area contributed by atoms with Crippen molar-refractivity contribution in [3.63, 3.8) is 0 Å². The Balaban J connectivity index is 2.21. The smallest absolute Gasteiger partial charge is 0.193 e. The number of hydrogen-bond acceptors (Lipinski definition) is 3. The molecule has 0 aliphatic carbocycles. The lowest BCUT2D eigenvalue weighted by molar-refractivity contribution is 0.0978. The lowest BCUT2D eigenvalue weighted by Crippen LogP contribution is -2.15. The monoisotopic (exact) mass is 342 g/mol. The molecular weight excluding hydrogens is 324 g/mol. The Bertz CT molecular complexity index is 914. The van der Waals surface area contributed by atoms with Crippen molar-refractivity contribution in [1.29, 1.82) is 0 Å². The predicted octanol–water partition coefficient (Wildman–Crippen LogP) is 4.66. The Morgan fingerprint density at radius 1 is 0.654 bits per heavy atom. The summed E-state index contributed by atoms with van der Waals surface area (Å²) < 4.78 is 0. The topological polar surface area (TPSA) is 51.2 Å². The van der Waals surface area contributed by atoms with E-state index >= 15 is 0 Å². The molecule has 0 heterocycles. The highest BCUT2D eigenvalue weighted by Crippen LogP contribution is 2.24. The van der Waals surface area contributed by atoms with Gasteiger partial charge in [-0.2, -0.15) is 0 Å². The summed E-state index contributed by atoms with van der Waals surface area (Å²) in [5.41, 5.74) is 2.44. The lowest BCUT2D eigenvalue weighted by atomic mass is 9.87. The van der Waals surface area contributed by atoms with Gasteiger partial charge in [0.25, 0.3) is 0 Å². The summed E-state index contributed by atoms with van der Waals surface area (Å²) in [6, 6.07) is 20.9. The molecule has 0 aliphatic heterocycles. The zero-order valence-electron chi connectivity index (χ0n) is 14.7. The van der Waals surface area contributed by atoms with E-state index in [1.807, 2.05) is 19.1 Å². The van der Waals surface area contributed by atoms with Crippen molar-refractivity contribution in [2.75, 3.05) is 0 Å². The van der Waals surface area contributed by atoms with E-state index < -0.39 is 0 Å². The fourth-order valence-corrected chi connectivity index (χ4v) is 3.01. The second kappa shape index (κ2) is 7.28. The molecule has 0 spiro atoms. The van der Waals surface area contributed by atoms with Crippen LogP contribution in [0.3, 0.4) is 0 Å². The summed E-state index contributed by atoms with van der Waals surface area (Å²) in [5.74, 6) is -0.827. The molecule has 0 atom stereocenters. The third-order valence-corrected chi connectivity index (χ3v) is 4.20. The van der Waals surface area contributed by atoms with Crippen LogP contribution in [0.2, 0.25) is 0 Å². The molecule has 0 radical (unpaired) electrons. The molecule has 0 amide bonds. The van der Waals surface area contributed by atoms with E-state index in [2.05, 4.69) is 0 Å². The minimum Gasteiger partial charge on any atom is -0.294 e. The van der Waals surface area contributed by atoms with Crippen molar-refractivity contribution in [1.82, 2.24) is 0 Å². The van der Waals surface area contributed by atoms with E-state index in [0.29, 0.717) is 11.1 Å². The van der Waals surface area contributed by atoms with Gasteiger partial charge >= 0.3 is 0 Å². The van der Waals surface area contributed by atoms with Crippen molar-refractivity contribution in [2.45, 2.75) is 13.8 Å². The highest BCUT2D eigenvalue weighted by Gasteiger charge is 2.24. The third kappa shape index (κ3) is 3.38. The van der Waals surface area contributed by atoms with Crippen molar-refractivity contribution >= 4 is 17.3 Å². The SMILES string of the molecule is CC(=O)c1c(C(=O)c2ccccc2)cc(C)cc1C(=O)c1ccccc1. The average molecular weight is 342 g/mol. The third-order valence-electron chi connectivity index (χ3n) is 4.20. The van der Waals surface area contributed by atoms with E-state index in [4.69, 9.17) is 0 Å². The second-order valence-electron chi connectivity index (χ2n) is 6.18. The number of benzene rings is 3. The van der Waals surface area contributed by atoms with Gasteiger partial charge in [-0.15, -0.1) is 0 Å². The maximum atomic E-state index is 13.0. The summed E-state index contributed by atoms with van der Waals surface area (Å²) in [5, 5.41) is 0. The van der Waals surface area contributed by atoms with Gasteiger partial charge in [0.15, 0.2) is 17.3 Å². The molecule has 3 nitrogen and oxygen atoms in total. The number of carbonyl (C=O) groups is 3. The Morgan fingerprint density at radius 2 is 1.04 bits per heavy atom. The molecule has 0 bridgehead atoms. The van der Waals surface area contributed by atoms with Crippen LogP contribution in [-0.4, -0.2) is 17.3 Å². The van der Waals surface area contributed by atoms with Crippen molar-refractivity contribution in [3.8, 4) is 0 Å². The zero-order chi connectivity index (χ0) is 18.7. The number of carbonyl (C=O) groups excluding carboxylic acids is 3. The van der Waals surface area contributed by atoms with Crippen LogP contribution in [0.5, 0.6) is 0 Å². The molecule has 0 saturated heterocycles. The molecule has 0 aliphatic rings. The van der Waals surface area contributed by atoms with Crippen LogP contribution >= 0.6 is 0 Å². The molecule has 3 heteroatoms. The molecule has 3 aromatic carbocycles. The number of rotatable bonds is 5. The summed E-state index contributed by atoms with van der Waals surface area (Å²) >= 11 is 0. The van der Waals surface area contributed by atoms with E-state index in [1.54, 1.807) is 60.7 Å². The second-order valence-corrected chi connectivity index (χ2v) is 6.18. The van der Waals surface area contributed by atoms with Crippen LogP contribution < -0.4 is 0 Å². The molecule has 0 unspecified atom stereocenters. The van der Waals surface area contributed by atoms with Crippen LogP contribution in [0.25, 0.3) is 0 Å². The van der Waals surface area contributed by atoms with Gasteiger partial charge < -0.3 is 0 Å². The quantitative estimate of drug-likeness (QED) is 0.634.